The molecule has 0 unspecified atom stereocenters. The number of likely N-dealkylation sites (tertiary alicyclic amines) is 1. The molecule has 1 spiro atoms. The van der Waals surface area contributed by atoms with Gasteiger partial charge in [-0.05, 0) is 54.5 Å². The van der Waals surface area contributed by atoms with Gasteiger partial charge in [-0.1, -0.05) is 0 Å². The summed E-state index contributed by atoms with van der Waals surface area (Å²) < 4.78 is 19.5. The summed E-state index contributed by atoms with van der Waals surface area (Å²) in [5, 5.41) is 11.9. The zero-order valence-electron chi connectivity index (χ0n) is 13.1. The predicted molar refractivity (Wildman–Crippen MR) is 88.9 cm³/mol. The highest BCUT2D eigenvalue weighted by Gasteiger charge is 2.42. The van der Waals surface area contributed by atoms with E-state index in [2.05, 4.69) is 11.4 Å². The molecule has 2 aliphatic heterocycles. The van der Waals surface area contributed by atoms with Gasteiger partial charge in [0.15, 0.2) is 0 Å². The third-order valence-corrected chi connectivity index (χ3v) is 6.10. The fourth-order valence-electron chi connectivity index (χ4n) is 3.65. The third kappa shape index (κ3) is 2.50. The number of nitrogens with zero attached hydrogens (tertiary/aromatic N) is 1. The number of piperidine rings is 1. The van der Waals surface area contributed by atoms with Crippen molar-refractivity contribution in [1.82, 2.24) is 4.90 Å². The van der Waals surface area contributed by atoms with Crippen LogP contribution in [-0.2, 0) is 16.8 Å². The first-order valence-electron chi connectivity index (χ1n) is 8.08. The average molecular weight is 347 g/mol. The minimum atomic E-state index is -0.525. The van der Waals surface area contributed by atoms with Crippen LogP contribution in [0.4, 0.5) is 4.39 Å². The van der Waals surface area contributed by atoms with E-state index in [0.29, 0.717) is 19.7 Å². The topological polar surface area (TPSA) is 49.8 Å². The molecule has 3 heterocycles. The molecular weight excluding hydrogens is 329 g/mol. The summed E-state index contributed by atoms with van der Waals surface area (Å²) >= 11 is 1.72. The molecule has 0 saturated carbocycles. The molecule has 4 rings (SSSR count). The van der Waals surface area contributed by atoms with Crippen LogP contribution in [0.15, 0.2) is 29.6 Å². The maximum absolute atomic E-state index is 13.4. The highest BCUT2D eigenvalue weighted by atomic mass is 32.1. The maximum Gasteiger partial charge on any atom is 0.257 e. The molecule has 2 aromatic rings. The van der Waals surface area contributed by atoms with Crippen molar-refractivity contribution < 1.29 is 19.0 Å². The van der Waals surface area contributed by atoms with Gasteiger partial charge in [0, 0.05) is 18.0 Å². The number of rotatable bonds is 1. The van der Waals surface area contributed by atoms with Crippen molar-refractivity contribution in [2.45, 2.75) is 24.9 Å². The number of benzene rings is 1. The summed E-state index contributed by atoms with van der Waals surface area (Å²) in [7, 11) is 0. The second-order valence-corrected chi connectivity index (χ2v) is 7.24. The number of ether oxygens (including phenoxy) is 1. The number of hydrogen-bond acceptors (Lipinski definition) is 4. The highest BCUT2D eigenvalue weighted by molar-refractivity contribution is 7.10. The first-order chi connectivity index (χ1) is 11.6. The number of carbonyl (C=O) groups is 1. The lowest BCUT2D eigenvalue weighted by atomic mass is 9.85. The zero-order valence-corrected chi connectivity index (χ0v) is 13.9. The monoisotopic (exact) mass is 347 g/mol. The molecular formula is C18H18FNO3S. The molecule has 0 aliphatic carbocycles. The quantitative estimate of drug-likeness (QED) is 0.861. The van der Waals surface area contributed by atoms with Crippen LogP contribution in [0.3, 0.4) is 0 Å². The van der Waals surface area contributed by atoms with E-state index in [4.69, 9.17) is 4.74 Å². The second-order valence-electron chi connectivity index (χ2n) is 6.32. The minimum Gasteiger partial charge on any atom is -0.507 e. The van der Waals surface area contributed by atoms with Gasteiger partial charge in [-0.3, -0.25) is 4.79 Å². The van der Waals surface area contributed by atoms with Crippen LogP contribution >= 0.6 is 11.3 Å². The molecule has 1 saturated heterocycles. The standard InChI is InChI=1S/C18H18FNO3S/c19-13-1-2-15(21)14(11-13)17(22)20-7-5-18(6-8-20)16-12(3-9-23-18)4-10-24-16/h1-2,4,10-11,21H,3,5-9H2. The Hall–Kier alpha value is -1.92. The van der Waals surface area contributed by atoms with Gasteiger partial charge >= 0.3 is 0 Å². The van der Waals surface area contributed by atoms with Gasteiger partial charge in [0.2, 0.25) is 0 Å². The van der Waals surface area contributed by atoms with Crippen molar-refractivity contribution >= 4 is 17.2 Å². The highest BCUT2D eigenvalue weighted by Crippen LogP contribution is 2.44. The normalized spacial score (nSPS) is 19.3. The lowest BCUT2D eigenvalue weighted by molar-refractivity contribution is -0.0906. The van der Waals surface area contributed by atoms with Gasteiger partial charge in [0.25, 0.3) is 5.91 Å². The van der Waals surface area contributed by atoms with Crippen LogP contribution in [0.2, 0.25) is 0 Å². The number of phenols is 1. The Morgan fingerprint density at radius 1 is 1.29 bits per heavy atom. The summed E-state index contributed by atoms with van der Waals surface area (Å²) in [6, 6.07) is 5.62. The molecule has 126 valence electrons. The molecule has 2 aliphatic rings. The first kappa shape index (κ1) is 15.6. The molecule has 1 fully saturated rings. The molecule has 1 aromatic heterocycles. The van der Waals surface area contributed by atoms with Crippen molar-refractivity contribution in [3.8, 4) is 5.75 Å². The van der Waals surface area contributed by atoms with E-state index in [1.807, 2.05) is 0 Å². The first-order valence-corrected chi connectivity index (χ1v) is 8.96. The molecule has 1 aromatic carbocycles. The molecule has 0 atom stereocenters. The van der Waals surface area contributed by atoms with E-state index >= 15 is 0 Å². The van der Waals surface area contributed by atoms with Crippen molar-refractivity contribution in [2.75, 3.05) is 19.7 Å². The number of phenolic OH excluding ortho intramolecular Hbond substituents is 1. The Kier molecular flexibility index (Phi) is 3.81. The summed E-state index contributed by atoms with van der Waals surface area (Å²) in [4.78, 5) is 15.6. The van der Waals surface area contributed by atoms with E-state index in [1.165, 1.54) is 16.5 Å². The molecule has 0 bridgehead atoms. The van der Waals surface area contributed by atoms with Gasteiger partial charge in [-0.15, -0.1) is 11.3 Å². The minimum absolute atomic E-state index is 0.0207. The van der Waals surface area contributed by atoms with Gasteiger partial charge < -0.3 is 14.7 Å². The molecule has 24 heavy (non-hydrogen) atoms. The van der Waals surface area contributed by atoms with Crippen LogP contribution in [0.1, 0.15) is 33.6 Å². The van der Waals surface area contributed by atoms with E-state index < -0.39 is 5.82 Å². The van der Waals surface area contributed by atoms with Gasteiger partial charge in [0.05, 0.1) is 12.2 Å². The average Bonchev–Trinajstić information content (AvgIpc) is 3.08. The summed E-state index contributed by atoms with van der Waals surface area (Å²) in [5.74, 6) is -1.04. The van der Waals surface area contributed by atoms with Crippen LogP contribution in [0.5, 0.6) is 5.75 Å². The Bertz CT molecular complexity index is 780. The fraction of sp³-hybridized carbons (Fsp3) is 0.389. The number of amides is 1. The van der Waals surface area contributed by atoms with Crippen LogP contribution in [0, 0.1) is 5.82 Å². The zero-order chi connectivity index (χ0) is 16.7. The van der Waals surface area contributed by atoms with Crippen molar-refractivity contribution in [3.63, 3.8) is 0 Å². The lowest BCUT2D eigenvalue weighted by Gasteiger charge is -2.43. The van der Waals surface area contributed by atoms with E-state index in [0.717, 1.165) is 31.4 Å². The Morgan fingerprint density at radius 2 is 2.08 bits per heavy atom. The number of carbonyl (C=O) groups excluding carboxylic acids is 1. The fourth-order valence-corrected chi connectivity index (χ4v) is 4.81. The predicted octanol–water partition coefficient (Wildman–Crippen LogP) is 3.30. The van der Waals surface area contributed by atoms with Crippen LogP contribution in [0.25, 0.3) is 0 Å². The van der Waals surface area contributed by atoms with Crippen molar-refractivity contribution in [3.05, 3.63) is 51.5 Å². The summed E-state index contributed by atoms with van der Waals surface area (Å²) in [6.07, 6.45) is 2.39. The Balaban J connectivity index is 1.53. The second kappa shape index (κ2) is 5.86. The van der Waals surface area contributed by atoms with Gasteiger partial charge in [-0.25, -0.2) is 4.39 Å². The largest absolute Gasteiger partial charge is 0.507 e. The summed E-state index contributed by atoms with van der Waals surface area (Å²) in [6.45, 7) is 1.78. The third-order valence-electron chi connectivity index (χ3n) is 4.96. The van der Waals surface area contributed by atoms with E-state index in [9.17, 15) is 14.3 Å². The van der Waals surface area contributed by atoms with Crippen LogP contribution < -0.4 is 0 Å². The molecule has 1 amide bonds. The number of fused-ring (bicyclic) bond motifs is 2. The number of aromatic hydroxyl groups is 1. The molecule has 1 N–H and O–H groups in total. The number of halogens is 1. The SMILES string of the molecule is O=C(c1cc(F)ccc1O)N1CCC2(CC1)OCCc1ccsc12. The van der Waals surface area contributed by atoms with E-state index in [-0.39, 0.29) is 22.8 Å². The maximum atomic E-state index is 13.4. The smallest absolute Gasteiger partial charge is 0.257 e. The van der Waals surface area contributed by atoms with Gasteiger partial charge in [-0.2, -0.15) is 0 Å². The Labute approximate surface area is 143 Å². The van der Waals surface area contributed by atoms with Crippen molar-refractivity contribution in [1.29, 1.82) is 0 Å². The van der Waals surface area contributed by atoms with Crippen molar-refractivity contribution in [2.24, 2.45) is 0 Å². The lowest BCUT2D eigenvalue weighted by Crippen LogP contribution is -2.47. The number of thiophene rings is 1. The molecule has 6 heteroatoms. The van der Waals surface area contributed by atoms with Gasteiger partial charge in [0.1, 0.15) is 17.2 Å². The number of hydrogen-bond donors (Lipinski definition) is 1. The molecule has 4 nitrogen and oxygen atoms in total. The van der Waals surface area contributed by atoms with E-state index in [1.54, 1.807) is 16.2 Å². The Morgan fingerprint density at radius 3 is 2.88 bits per heavy atom. The summed E-state index contributed by atoms with van der Waals surface area (Å²) in [5.41, 5.74) is 1.09. The molecule has 0 radical (unpaired) electrons. The van der Waals surface area contributed by atoms with Crippen LogP contribution in [-0.4, -0.2) is 35.6 Å².